The average molecular weight is 339 g/mol. The van der Waals surface area contributed by atoms with Gasteiger partial charge in [-0.25, -0.2) is 9.97 Å². The lowest BCUT2D eigenvalue weighted by molar-refractivity contribution is 0.322. The number of benzene rings is 1. The largest absolute Gasteiger partial charge is 0.493 e. The van der Waals surface area contributed by atoms with Gasteiger partial charge in [0.05, 0.1) is 21.3 Å². The molecule has 0 spiro atoms. The molecule has 2 heterocycles. The van der Waals surface area contributed by atoms with Crippen LogP contribution in [-0.2, 0) is 6.54 Å². The van der Waals surface area contributed by atoms with Crippen LogP contribution in [-0.4, -0.2) is 31.3 Å². The Morgan fingerprint density at radius 2 is 1.72 bits per heavy atom. The Balaban J connectivity index is 1.92. The summed E-state index contributed by atoms with van der Waals surface area (Å²) in [6, 6.07) is 9.77. The Morgan fingerprint density at radius 1 is 0.920 bits per heavy atom. The predicted molar refractivity (Wildman–Crippen MR) is 97.7 cm³/mol. The number of rotatable bonds is 6. The van der Waals surface area contributed by atoms with Crippen LogP contribution in [0.3, 0.4) is 0 Å². The van der Waals surface area contributed by atoms with Crippen LogP contribution in [0.1, 0.15) is 11.3 Å². The van der Waals surface area contributed by atoms with Crippen molar-refractivity contribution in [1.82, 2.24) is 9.97 Å². The van der Waals surface area contributed by atoms with Crippen molar-refractivity contribution in [3.05, 3.63) is 47.8 Å². The molecule has 0 amide bonds. The number of anilines is 1. The zero-order valence-corrected chi connectivity index (χ0v) is 14.8. The number of aromatic nitrogens is 2. The van der Waals surface area contributed by atoms with E-state index in [0.717, 1.165) is 28.0 Å². The number of hydrogen-bond acceptors (Lipinski definition) is 6. The standard InChI is InChI=1S/C19H21N3O3/c1-12-5-7-14-15(9-10-20-19(14)22-12)21-11-13-6-8-16(23-2)18(25-4)17(13)24-3/h5-10H,11H2,1-4H3,(H,20,21,22). The Labute approximate surface area is 146 Å². The summed E-state index contributed by atoms with van der Waals surface area (Å²) in [6.45, 7) is 2.52. The van der Waals surface area contributed by atoms with Crippen LogP contribution >= 0.6 is 0 Å². The molecule has 0 bridgehead atoms. The quantitative estimate of drug-likeness (QED) is 0.740. The number of methoxy groups -OCH3 is 3. The third-order valence-corrected chi connectivity index (χ3v) is 4.00. The van der Waals surface area contributed by atoms with Crippen LogP contribution in [0.4, 0.5) is 5.69 Å². The van der Waals surface area contributed by atoms with Crippen LogP contribution in [0.25, 0.3) is 11.0 Å². The summed E-state index contributed by atoms with van der Waals surface area (Å²) in [4.78, 5) is 8.79. The van der Waals surface area contributed by atoms with E-state index in [2.05, 4.69) is 15.3 Å². The van der Waals surface area contributed by atoms with Gasteiger partial charge in [-0.1, -0.05) is 0 Å². The highest BCUT2D eigenvalue weighted by atomic mass is 16.5. The lowest BCUT2D eigenvalue weighted by Gasteiger charge is -2.17. The summed E-state index contributed by atoms with van der Waals surface area (Å²) < 4.78 is 16.3. The molecule has 0 aliphatic rings. The average Bonchev–Trinajstić information content (AvgIpc) is 2.64. The van der Waals surface area contributed by atoms with E-state index in [1.807, 2.05) is 37.3 Å². The molecule has 1 N–H and O–H groups in total. The maximum atomic E-state index is 5.53. The molecule has 6 heteroatoms. The topological polar surface area (TPSA) is 65.5 Å². The summed E-state index contributed by atoms with van der Waals surface area (Å²) in [5.41, 5.74) is 3.60. The summed E-state index contributed by atoms with van der Waals surface area (Å²) in [7, 11) is 4.82. The number of ether oxygens (including phenoxy) is 3. The number of aryl methyl sites for hydroxylation is 1. The first-order valence-corrected chi connectivity index (χ1v) is 7.92. The second kappa shape index (κ2) is 7.25. The molecule has 3 aromatic rings. The van der Waals surface area contributed by atoms with E-state index in [1.54, 1.807) is 27.5 Å². The highest BCUT2D eigenvalue weighted by Gasteiger charge is 2.15. The van der Waals surface area contributed by atoms with Gasteiger partial charge in [-0.3, -0.25) is 0 Å². The van der Waals surface area contributed by atoms with Gasteiger partial charge in [0.1, 0.15) is 0 Å². The van der Waals surface area contributed by atoms with E-state index in [1.165, 1.54) is 0 Å². The van der Waals surface area contributed by atoms with Crippen molar-refractivity contribution >= 4 is 16.7 Å². The molecular weight excluding hydrogens is 318 g/mol. The van der Waals surface area contributed by atoms with Crippen molar-refractivity contribution < 1.29 is 14.2 Å². The van der Waals surface area contributed by atoms with E-state index < -0.39 is 0 Å². The van der Waals surface area contributed by atoms with Gasteiger partial charge in [0.2, 0.25) is 5.75 Å². The first kappa shape index (κ1) is 16.8. The van der Waals surface area contributed by atoms with E-state index in [-0.39, 0.29) is 0 Å². The first-order valence-electron chi connectivity index (χ1n) is 7.92. The van der Waals surface area contributed by atoms with Gasteiger partial charge in [0.25, 0.3) is 0 Å². The van der Waals surface area contributed by atoms with Crippen molar-refractivity contribution in [2.45, 2.75) is 13.5 Å². The molecule has 0 unspecified atom stereocenters. The lowest BCUT2D eigenvalue weighted by atomic mass is 10.1. The van der Waals surface area contributed by atoms with E-state index in [4.69, 9.17) is 14.2 Å². The zero-order chi connectivity index (χ0) is 17.8. The highest BCUT2D eigenvalue weighted by molar-refractivity contribution is 5.88. The summed E-state index contributed by atoms with van der Waals surface area (Å²) in [6.07, 6.45) is 1.75. The molecule has 3 rings (SSSR count). The molecule has 0 aliphatic heterocycles. The van der Waals surface area contributed by atoms with Crippen LogP contribution in [0.15, 0.2) is 36.5 Å². The Morgan fingerprint density at radius 3 is 2.44 bits per heavy atom. The lowest BCUT2D eigenvalue weighted by Crippen LogP contribution is -2.05. The highest BCUT2D eigenvalue weighted by Crippen LogP contribution is 2.40. The maximum Gasteiger partial charge on any atom is 0.203 e. The molecule has 130 valence electrons. The SMILES string of the molecule is COc1ccc(CNc2ccnc3nc(C)ccc23)c(OC)c1OC. The fourth-order valence-electron chi connectivity index (χ4n) is 2.77. The molecule has 0 saturated heterocycles. The van der Waals surface area contributed by atoms with E-state index in [0.29, 0.717) is 23.8 Å². The Hall–Kier alpha value is -3.02. The first-order chi connectivity index (χ1) is 12.2. The molecule has 0 radical (unpaired) electrons. The molecule has 0 saturated carbocycles. The molecular formula is C19H21N3O3. The van der Waals surface area contributed by atoms with E-state index >= 15 is 0 Å². The molecule has 2 aromatic heterocycles. The van der Waals surface area contributed by atoms with E-state index in [9.17, 15) is 0 Å². The summed E-state index contributed by atoms with van der Waals surface area (Å²) in [5.74, 6) is 1.87. The third kappa shape index (κ3) is 3.28. The van der Waals surface area contributed by atoms with Crippen LogP contribution in [0, 0.1) is 6.92 Å². The third-order valence-electron chi connectivity index (χ3n) is 4.00. The molecule has 1 aromatic carbocycles. The minimum atomic E-state index is 0.566. The Bertz CT molecular complexity index is 896. The predicted octanol–water partition coefficient (Wildman–Crippen LogP) is 3.58. The van der Waals surface area contributed by atoms with Crippen LogP contribution < -0.4 is 19.5 Å². The molecule has 25 heavy (non-hydrogen) atoms. The maximum absolute atomic E-state index is 5.53. The minimum absolute atomic E-state index is 0.566. The van der Waals surface area contributed by atoms with Gasteiger partial charge in [-0.15, -0.1) is 0 Å². The normalized spacial score (nSPS) is 10.6. The molecule has 0 aliphatic carbocycles. The number of nitrogens with one attached hydrogen (secondary N) is 1. The van der Waals surface area contributed by atoms with Crippen molar-refractivity contribution in [3.63, 3.8) is 0 Å². The van der Waals surface area contributed by atoms with Crippen LogP contribution in [0.2, 0.25) is 0 Å². The van der Waals surface area contributed by atoms with Gasteiger partial charge < -0.3 is 19.5 Å². The Kier molecular flexibility index (Phi) is 4.88. The fourth-order valence-corrected chi connectivity index (χ4v) is 2.77. The van der Waals surface area contributed by atoms with Crippen molar-refractivity contribution in [2.75, 3.05) is 26.6 Å². The number of pyridine rings is 2. The number of fused-ring (bicyclic) bond motifs is 1. The van der Waals surface area contributed by atoms with Crippen molar-refractivity contribution in [2.24, 2.45) is 0 Å². The molecule has 6 nitrogen and oxygen atoms in total. The second-order valence-electron chi connectivity index (χ2n) is 5.53. The second-order valence-corrected chi connectivity index (χ2v) is 5.53. The van der Waals surface area contributed by atoms with Crippen LogP contribution in [0.5, 0.6) is 17.2 Å². The monoisotopic (exact) mass is 339 g/mol. The molecule has 0 fully saturated rings. The number of hydrogen-bond donors (Lipinski definition) is 1. The van der Waals surface area contributed by atoms with Gasteiger partial charge in [0.15, 0.2) is 17.1 Å². The molecule has 0 atom stereocenters. The summed E-state index contributed by atoms with van der Waals surface area (Å²) >= 11 is 0. The van der Waals surface area contributed by atoms with Gasteiger partial charge >= 0.3 is 0 Å². The van der Waals surface area contributed by atoms with Gasteiger partial charge in [0, 0.05) is 35.1 Å². The van der Waals surface area contributed by atoms with Gasteiger partial charge in [-0.05, 0) is 37.3 Å². The zero-order valence-electron chi connectivity index (χ0n) is 14.8. The smallest absolute Gasteiger partial charge is 0.203 e. The number of nitrogens with zero attached hydrogens (tertiary/aromatic N) is 2. The minimum Gasteiger partial charge on any atom is -0.493 e. The van der Waals surface area contributed by atoms with Crippen molar-refractivity contribution in [1.29, 1.82) is 0 Å². The van der Waals surface area contributed by atoms with Crippen molar-refractivity contribution in [3.8, 4) is 17.2 Å². The fraction of sp³-hybridized carbons (Fsp3) is 0.263. The van der Waals surface area contributed by atoms with Gasteiger partial charge in [-0.2, -0.15) is 0 Å². The summed E-state index contributed by atoms with van der Waals surface area (Å²) in [5, 5.41) is 4.41.